The molecule has 57 heavy (non-hydrogen) atoms. The van der Waals surface area contributed by atoms with Crippen molar-refractivity contribution in [2.75, 3.05) is 18.4 Å². The monoisotopic (exact) mass is 801 g/mol. The largest absolute Gasteiger partial charge is 0.356 e. The van der Waals surface area contributed by atoms with Crippen molar-refractivity contribution in [3.63, 3.8) is 0 Å². The first-order valence-electron chi connectivity index (χ1n) is 20.1. The summed E-state index contributed by atoms with van der Waals surface area (Å²) < 4.78 is 0. The lowest BCUT2D eigenvalue weighted by Gasteiger charge is -2.31. The van der Waals surface area contributed by atoms with Crippen molar-refractivity contribution < 1.29 is 33.6 Å². The Hall–Kier alpha value is -4.53. The Morgan fingerprint density at radius 1 is 0.632 bits per heavy atom. The Morgan fingerprint density at radius 3 is 1.72 bits per heavy atom. The number of carbonyl (C=O) groups is 7. The van der Waals surface area contributed by atoms with Crippen LogP contribution in [0.3, 0.4) is 0 Å². The van der Waals surface area contributed by atoms with Crippen LogP contribution in [0.1, 0.15) is 127 Å². The zero-order valence-electron chi connectivity index (χ0n) is 36.5. The van der Waals surface area contributed by atoms with Crippen molar-refractivity contribution in [2.45, 2.75) is 158 Å². The number of ketones is 1. The summed E-state index contributed by atoms with van der Waals surface area (Å²) in [7, 11) is 0. The van der Waals surface area contributed by atoms with E-state index in [2.05, 4.69) is 37.2 Å². The van der Waals surface area contributed by atoms with Crippen molar-refractivity contribution in [2.24, 2.45) is 22.5 Å². The van der Waals surface area contributed by atoms with Gasteiger partial charge in [-0.1, -0.05) is 73.1 Å². The highest BCUT2D eigenvalue weighted by molar-refractivity contribution is 5.99. The van der Waals surface area contributed by atoms with E-state index in [0.717, 1.165) is 5.56 Å². The molecule has 0 unspecified atom stereocenters. The van der Waals surface area contributed by atoms with Gasteiger partial charge in [0.25, 0.3) is 0 Å². The minimum absolute atomic E-state index is 0.0436. The predicted octanol–water partition coefficient (Wildman–Crippen LogP) is 3.98. The van der Waals surface area contributed by atoms with Gasteiger partial charge in [0.1, 0.15) is 18.1 Å². The number of aryl methyl sites for hydroxylation is 1. The van der Waals surface area contributed by atoms with Gasteiger partial charge >= 0.3 is 6.03 Å². The van der Waals surface area contributed by atoms with E-state index in [1.54, 1.807) is 46.8 Å². The van der Waals surface area contributed by atoms with Gasteiger partial charge in [-0.25, -0.2) is 4.79 Å². The Kier molecular flexibility index (Phi) is 20.4. The Labute approximate surface area is 340 Å². The summed E-state index contributed by atoms with van der Waals surface area (Å²) in [4.78, 5) is 91.0. The van der Waals surface area contributed by atoms with Gasteiger partial charge in [-0.3, -0.25) is 28.8 Å². The van der Waals surface area contributed by atoms with Gasteiger partial charge in [0.2, 0.25) is 29.5 Å². The number of primary amides is 1. The number of benzene rings is 1. The fourth-order valence-corrected chi connectivity index (χ4v) is 5.73. The summed E-state index contributed by atoms with van der Waals surface area (Å²) in [6.07, 6.45) is 2.26. The molecular formula is C42H72N8O7. The van der Waals surface area contributed by atoms with Crippen LogP contribution in [0.5, 0.6) is 0 Å². The first-order chi connectivity index (χ1) is 26.2. The predicted molar refractivity (Wildman–Crippen MR) is 224 cm³/mol. The van der Waals surface area contributed by atoms with Gasteiger partial charge in [-0.15, -0.1) is 0 Å². The molecule has 1 aromatic rings. The molecule has 0 aliphatic rings. The van der Waals surface area contributed by atoms with Crippen LogP contribution in [0.2, 0.25) is 0 Å². The average Bonchev–Trinajstić information content (AvgIpc) is 3.08. The number of amides is 7. The van der Waals surface area contributed by atoms with Crippen LogP contribution in [0.4, 0.5) is 10.5 Å². The number of Topliss-reactive ketones (excluding diaryl/α,β-unsaturated/α-hetero) is 1. The lowest BCUT2D eigenvalue weighted by Crippen LogP contribution is -2.58. The molecule has 15 heteroatoms. The van der Waals surface area contributed by atoms with Gasteiger partial charge in [0.15, 0.2) is 5.78 Å². The summed E-state index contributed by atoms with van der Waals surface area (Å²) in [5.41, 5.74) is 5.07. The molecule has 1 aromatic carbocycles. The maximum Gasteiger partial charge on any atom is 0.312 e. The first kappa shape index (κ1) is 50.5. The third-order valence-corrected chi connectivity index (χ3v) is 9.04. The molecule has 0 aliphatic heterocycles. The summed E-state index contributed by atoms with van der Waals surface area (Å²) in [6, 6.07) is 2.98. The van der Waals surface area contributed by atoms with E-state index < -0.39 is 64.7 Å². The molecule has 0 saturated carbocycles. The van der Waals surface area contributed by atoms with Gasteiger partial charge < -0.3 is 43.0 Å². The number of urea groups is 1. The molecule has 0 bridgehead atoms. The average molecular weight is 801 g/mol. The van der Waals surface area contributed by atoms with E-state index in [0.29, 0.717) is 37.9 Å². The number of rotatable bonds is 22. The minimum atomic E-state index is -1.05. The molecule has 0 spiro atoms. The number of nitrogens with two attached hydrogens (primary N) is 1. The SMILES string of the molecule is Cc1ccc(NC(=O)[C@H](CCCNC(N)=O)NC(=O)[C@@H](NC(=O)[C@H](CCCCNC(=O)CC[C@@H](NC(C)(C)C)C(=O)C(C)(C)C)NC(=O)C(C)(C)C)C(C)C)cc1. The van der Waals surface area contributed by atoms with Crippen molar-refractivity contribution in [3.05, 3.63) is 29.8 Å². The third-order valence-electron chi connectivity index (χ3n) is 9.04. The van der Waals surface area contributed by atoms with E-state index in [1.165, 1.54) is 0 Å². The molecule has 0 fully saturated rings. The number of nitrogens with one attached hydrogen (secondary N) is 7. The zero-order valence-corrected chi connectivity index (χ0v) is 36.5. The molecular weight excluding hydrogens is 729 g/mol. The van der Waals surface area contributed by atoms with Gasteiger partial charge in [-0.2, -0.15) is 0 Å². The maximum atomic E-state index is 13.8. The third kappa shape index (κ3) is 20.5. The number of carbonyl (C=O) groups excluding carboxylic acids is 7. The minimum Gasteiger partial charge on any atom is -0.356 e. The number of unbranched alkanes of at least 4 members (excludes halogenated alkanes) is 1. The molecule has 1 rings (SSSR count). The van der Waals surface area contributed by atoms with Crippen LogP contribution in [-0.4, -0.2) is 84.1 Å². The highest BCUT2D eigenvalue weighted by Crippen LogP contribution is 2.21. The molecule has 0 heterocycles. The number of hydrogen-bond acceptors (Lipinski definition) is 8. The molecule has 0 saturated heterocycles. The van der Waals surface area contributed by atoms with Crippen LogP contribution in [-0.2, 0) is 28.8 Å². The maximum absolute atomic E-state index is 13.8. The van der Waals surface area contributed by atoms with Crippen LogP contribution < -0.4 is 43.0 Å². The first-order valence-corrected chi connectivity index (χ1v) is 20.1. The molecule has 7 amide bonds. The highest BCUT2D eigenvalue weighted by Gasteiger charge is 2.34. The molecule has 0 aromatic heterocycles. The Morgan fingerprint density at radius 2 is 1.19 bits per heavy atom. The van der Waals surface area contributed by atoms with E-state index in [-0.39, 0.29) is 48.9 Å². The standard InChI is InChI=1S/C42H72N8O7/c1-26(2)33(37(55)47-30(17-15-25-45-39(43)57)35(53)46-28-20-18-27(3)19-21-28)49-36(54)31(48-38(56)41(7,8)9)16-13-14-24-44-32(51)23-22-29(50-42(10,11)12)34(52)40(4,5)6/h18-21,26,29-31,33,50H,13-17,22-25H2,1-12H3,(H,44,51)(H,46,53)(H,47,55)(H,48,56)(H,49,54)(H3,43,45,57)/t29-,30+,31+,33+/m1/s1. The smallest absolute Gasteiger partial charge is 0.312 e. The van der Waals surface area contributed by atoms with Crippen molar-refractivity contribution >= 4 is 47.0 Å². The Bertz CT molecular complexity index is 1510. The Balaban J connectivity index is 3.00. The van der Waals surface area contributed by atoms with Crippen LogP contribution in [0, 0.1) is 23.7 Å². The summed E-state index contributed by atoms with van der Waals surface area (Å²) in [5, 5.41) is 20.0. The summed E-state index contributed by atoms with van der Waals surface area (Å²) in [5.74, 6) is -2.49. The van der Waals surface area contributed by atoms with E-state index in [9.17, 15) is 33.6 Å². The molecule has 0 radical (unpaired) electrons. The van der Waals surface area contributed by atoms with Gasteiger partial charge in [0.05, 0.1) is 6.04 Å². The van der Waals surface area contributed by atoms with Crippen molar-refractivity contribution in [3.8, 4) is 0 Å². The quantitative estimate of drug-likeness (QED) is 0.0799. The van der Waals surface area contributed by atoms with Crippen molar-refractivity contribution in [1.82, 2.24) is 31.9 Å². The fourth-order valence-electron chi connectivity index (χ4n) is 5.73. The van der Waals surface area contributed by atoms with E-state index in [4.69, 9.17) is 5.73 Å². The number of hydrogen-bond donors (Lipinski definition) is 8. The molecule has 322 valence electrons. The second kappa shape index (κ2) is 23.0. The normalized spacial score (nSPS) is 14.1. The van der Waals surface area contributed by atoms with Crippen LogP contribution in [0.25, 0.3) is 0 Å². The zero-order chi connectivity index (χ0) is 43.7. The van der Waals surface area contributed by atoms with E-state index >= 15 is 0 Å². The van der Waals surface area contributed by atoms with Crippen molar-refractivity contribution in [1.29, 1.82) is 0 Å². The number of anilines is 1. The molecule has 0 aliphatic carbocycles. The van der Waals surface area contributed by atoms with Crippen LogP contribution >= 0.6 is 0 Å². The van der Waals surface area contributed by atoms with Crippen LogP contribution in [0.15, 0.2) is 24.3 Å². The molecule has 4 atom stereocenters. The lowest BCUT2D eigenvalue weighted by atomic mass is 9.84. The second-order valence-corrected chi connectivity index (χ2v) is 18.3. The fraction of sp³-hybridized carbons (Fsp3) is 0.690. The molecule has 15 nitrogen and oxygen atoms in total. The summed E-state index contributed by atoms with van der Waals surface area (Å²) >= 11 is 0. The van der Waals surface area contributed by atoms with E-state index in [1.807, 2.05) is 60.6 Å². The molecule has 9 N–H and O–H groups in total. The van der Waals surface area contributed by atoms with Gasteiger partial charge in [-0.05, 0) is 84.3 Å². The second-order valence-electron chi connectivity index (χ2n) is 18.3. The topological polar surface area (TPSA) is 230 Å². The van der Waals surface area contributed by atoms with Gasteiger partial charge in [0, 0.05) is 41.6 Å². The summed E-state index contributed by atoms with van der Waals surface area (Å²) in [6.45, 7) is 22.7. The highest BCUT2D eigenvalue weighted by atomic mass is 16.2. The lowest BCUT2D eigenvalue weighted by molar-refractivity contribution is -0.136.